The van der Waals surface area contributed by atoms with E-state index >= 15 is 0 Å². The standard InChI is InChI=1S/C10H6F2O3S2/c11-7-3-4-9(8(12)6-7)15-17(13,14)10-2-1-5-16-10/h1-6H. The van der Waals surface area contributed by atoms with Crippen molar-refractivity contribution in [1.29, 1.82) is 0 Å². The van der Waals surface area contributed by atoms with Crippen LogP contribution in [-0.2, 0) is 10.1 Å². The number of halogens is 2. The van der Waals surface area contributed by atoms with Crippen LogP contribution in [0.5, 0.6) is 5.75 Å². The van der Waals surface area contributed by atoms with Crippen molar-refractivity contribution >= 4 is 21.5 Å². The highest BCUT2D eigenvalue weighted by molar-refractivity contribution is 7.89. The molecular weight excluding hydrogens is 270 g/mol. The SMILES string of the molecule is O=S(=O)(Oc1ccc(F)cc1F)c1cccs1. The number of benzene rings is 1. The summed E-state index contributed by atoms with van der Waals surface area (Å²) in [6.07, 6.45) is 0. The lowest BCUT2D eigenvalue weighted by Crippen LogP contribution is -2.09. The number of rotatable bonds is 3. The van der Waals surface area contributed by atoms with E-state index in [1.54, 1.807) is 5.38 Å². The van der Waals surface area contributed by atoms with Crippen LogP contribution < -0.4 is 4.18 Å². The van der Waals surface area contributed by atoms with Crippen LogP contribution in [0.25, 0.3) is 0 Å². The van der Waals surface area contributed by atoms with Gasteiger partial charge in [0.15, 0.2) is 15.8 Å². The van der Waals surface area contributed by atoms with Gasteiger partial charge in [-0.05, 0) is 23.6 Å². The molecule has 0 spiro atoms. The van der Waals surface area contributed by atoms with Crippen LogP contribution in [0.2, 0.25) is 0 Å². The van der Waals surface area contributed by atoms with E-state index in [9.17, 15) is 17.2 Å². The molecule has 0 bridgehead atoms. The third-order valence-corrected chi connectivity index (χ3v) is 4.43. The normalized spacial score (nSPS) is 11.4. The first-order valence-corrected chi connectivity index (χ1v) is 6.71. The second-order valence-electron chi connectivity index (χ2n) is 3.04. The molecule has 0 atom stereocenters. The predicted molar refractivity (Wildman–Crippen MR) is 58.5 cm³/mol. The third-order valence-electron chi connectivity index (χ3n) is 1.83. The summed E-state index contributed by atoms with van der Waals surface area (Å²) in [5.41, 5.74) is 0. The molecule has 3 nitrogen and oxygen atoms in total. The average Bonchev–Trinajstić information content (AvgIpc) is 2.76. The lowest BCUT2D eigenvalue weighted by atomic mass is 10.3. The summed E-state index contributed by atoms with van der Waals surface area (Å²) in [5.74, 6) is -2.40. The van der Waals surface area contributed by atoms with Crippen molar-refractivity contribution in [3.63, 3.8) is 0 Å². The van der Waals surface area contributed by atoms with Crippen LogP contribution in [-0.4, -0.2) is 8.42 Å². The molecule has 1 aromatic carbocycles. The summed E-state index contributed by atoms with van der Waals surface area (Å²) < 4.78 is 53.6. The summed E-state index contributed by atoms with van der Waals surface area (Å²) in [6, 6.07) is 5.26. The lowest BCUT2D eigenvalue weighted by Gasteiger charge is -2.05. The van der Waals surface area contributed by atoms with Gasteiger partial charge in [-0.3, -0.25) is 0 Å². The number of thiophene rings is 1. The molecule has 0 aliphatic carbocycles. The van der Waals surface area contributed by atoms with Crippen LogP contribution >= 0.6 is 11.3 Å². The maximum absolute atomic E-state index is 13.2. The van der Waals surface area contributed by atoms with Gasteiger partial charge in [-0.2, -0.15) is 8.42 Å². The van der Waals surface area contributed by atoms with Gasteiger partial charge in [0.25, 0.3) is 0 Å². The molecule has 2 rings (SSSR count). The summed E-state index contributed by atoms with van der Waals surface area (Å²) in [6.45, 7) is 0. The Hall–Kier alpha value is -1.47. The first-order valence-electron chi connectivity index (χ1n) is 4.42. The molecule has 1 heterocycles. The van der Waals surface area contributed by atoms with Crippen LogP contribution in [0.4, 0.5) is 8.78 Å². The van der Waals surface area contributed by atoms with Gasteiger partial charge in [0.2, 0.25) is 0 Å². The molecule has 1 aromatic heterocycles. The van der Waals surface area contributed by atoms with E-state index in [0.29, 0.717) is 6.07 Å². The second kappa shape index (κ2) is 4.42. The minimum Gasteiger partial charge on any atom is -0.375 e. The Morgan fingerprint density at radius 3 is 2.53 bits per heavy atom. The van der Waals surface area contributed by atoms with Gasteiger partial charge in [0.05, 0.1) is 0 Å². The lowest BCUT2D eigenvalue weighted by molar-refractivity contribution is 0.459. The van der Waals surface area contributed by atoms with Crippen molar-refractivity contribution < 1.29 is 21.4 Å². The zero-order valence-electron chi connectivity index (χ0n) is 8.26. The van der Waals surface area contributed by atoms with Crippen LogP contribution in [0.1, 0.15) is 0 Å². The molecule has 7 heteroatoms. The van der Waals surface area contributed by atoms with Gasteiger partial charge in [0, 0.05) is 6.07 Å². The minimum absolute atomic E-state index is 0.0405. The fraction of sp³-hybridized carbons (Fsp3) is 0. The van der Waals surface area contributed by atoms with Gasteiger partial charge in [-0.1, -0.05) is 6.07 Å². The van der Waals surface area contributed by atoms with E-state index < -0.39 is 27.5 Å². The van der Waals surface area contributed by atoms with Crippen molar-refractivity contribution in [2.45, 2.75) is 4.21 Å². The summed E-state index contributed by atoms with van der Waals surface area (Å²) in [4.78, 5) is 0. The van der Waals surface area contributed by atoms with Crippen molar-refractivity contribution in [2.24, 2.45) is 0 Å². The van der Waals surface area contributed by atoms with E-state index in [1.807, 2.05) is 0 Å². The second-order valence-corrected chi connectivity index (χ2v) is 5.77. The molecule has 0 saturated carbocycles. The van der Waals surface area contributed by atoms with E-state index in [2.05, 4.69) is 4.18 Å². The highest BCUT2D eigenvalue weighted by Crippen LogP contribution is 2.24. The quantitative estimate of drug-likeness (QED) is 0.810. The fourth-order valence-electron chi connectivity index (χ4n) is 1.11. The van der Waals surface area contributed by atoms with Crippen LogP contribution in [0, 0.1) is 11.6 Å². The summed E-state index contributed by atoms with van der Waals surface area (Å²) in [7, 11) is -4.05. The Bertz CT molecular complexity index is 621. The molecule has 0 N–H and O–H groups in total. The maximum Gasteiger partial charge on any atom is 0.348 e. The molecular formula is C10H6F2O3S2. The minimum atomic E-state index is -4.05. The maximum atomic E-state index is 13.2. The van der Waals surface area contributed by atoms with E-state index in [1.165, 1.54) is 12.1 Å². The van der Waals surface area contributed by atoms with Crippen molar-refractivity contribution in [3.05, 3.63) is 47.3 Å². The van der Waals surface area contributed by atoms with Gasteiger partial charge in [-0.15, -0.1) is 11.3 Å². The van der Waals surface area contributed by atoms with E-state index in [-0.39, 0.29) is 4.21 Å². The Balaban J connectivity index is 2.33. The summed E-state index contributed by atoms with van der Waals surface area (Å²) >= 11 is 0.949. The summed E-state index contributed by atoms with van der Waals surface area (Å²) in [5, 5.41) is 1.55. The number of hydrogen-bond donors (Lipinski definition) is 0. The average molecular weight is 276 g/mol. The van der Waals surface area contributed by atoms with Crippen LogP contribution in [0.15, 0.2) is 39.9 Å². The molecule has 2 aromatic rings. The molecule has 0 unspecified atom stereocenters. The smallest absolute Gasteiger partial charge is 0.348 e. The van der Waals surface area contributed by atoms with Gasteiger partial charge >= 0.3 is 10.1 Å². The van der Waals surface area contributed by atoms with Gasteiger partial charge in [0.1, 0.15) is 5.82 Å². The van der Waals surface area contributed by atoms with E-state index in [0.717, 1.165) is 23.5 Å². The molecule has 0 aliphatic heterocycles. The molecule has 0 radical (unpaired) electrons. The fourth-order valence-corrected chi connectivity index (χ4v) is 3.00. The van der Waals surface area contributed by atoms with Crippen molar-refractivity contribution in [1.82, 2.24) is 0 Å². The van der Waals surface area contributed by atoms with E-state index in [4.69, 9.17) is 0 Å². The number of hydrogen-bond acceptors (Lipinski definition) is 4. The molecule has 0 aliphatic rings. The first kappa shape index (κ1) is 12.0. The molecule has 17 heavy (non-hydrogen) atoms. The molecule has 0 amide bonds. The topological polar surface area (TPSA) is 43.4 Å². The Morgan fingerprint density at radius 2 is 1.94 bits per heavy atom. The first-order chi connectivity index (χ1) is 7.99. The molecule has 0 saturated heterocycles. The Morgan fingerprint density at radius 1 is 1.18 bits per heavy atom. The molecule has 90 valence electrons. The highest BCUT2D eigenvalue weighted by atomic mass is 32.3. The molecule has 0 fully saturated rings. The van der Waals surface area contributed by atoms with Crippen molar-refractivity contribution in [3.8, 4) is 5.75 Å². The monoisotopic (exact) mass is 276 g/mol. The van der Waals surface area contributed by atoms with Gasteiger partial charge < -0.3 is 4.18 Å². The largest absolute Gasteiger partial charge is 0.375 e. The van der Waals surface area contributed by atoms with Crippen molar-refractivity contribution in [2.75, 3.05) is 0 Å². The predicted octanol–water partition coefficient (Wildman–Crippen LogP) is 2.79. The Kier molecular flexibility index (Phi) is 3.12. The zero-order valence-corrected chi connectivity index (χ0v) is 9.89. The zero-order chi connectivity index (χ0) is 12.5. The highest BCUT2D eigenvalue weighted by Gasteiger charge is 2.19. The Labute approximate surface area is 100 Å². The van der Waals surface area contributed by atoms with Crippen LogP contribution in [0.3, 0.4) is 0 Å². The third kappa shape index (κ3) is 2.62. The van der Waals surface area contributed by atoms with Gasteiger partial charge in [-0.25, -0.2) is 8.78 Å².